The molecule has 3 aromatic rings. The van der Waals surface area contributed by atoms with Gasteiger partial charge in [-0.25, -0.2) is 18.7 Å². The Morgan fingerprint density at radius 1 is 0.967 bits per heavy atom. The van der Waals surface area contributed by atoms with Crippen LogP contribution in [0.1, 0.15) is 17.1 Å². The van der Waals surface area contributed by atoms with Crippen LogP contribution in [-0.4, -0.2) is 58.3 Å². The van der Waals surface area contributed by atoms with Gasteiger partial charge >= 0.3 is 0 Å². The largest absolute Gasteiger partial charge is 0.354 e. The highest BCUT2D eigenvalue weighted by molar-refractivity contribution is 5.69. The summed E-state index contributed by atoms with van der Waals surface area (Å²) in [6, 6.07) is 7.52. The molecule has 0 radical (unpaired) electrons. The number of hydrogen-bond acceptors (Lipinski definition) is 6. The number of likely N-dealkylation sites (N-methyl/N-ethyl adjacent to an activating group) is 1. The Labute approximate surface area is 173 Å². The number of piperazine rings is 1. The molecule has 2 N–H and O–H groups in total. The summed E-state index contributed by atoms with van der Waals surface area (Å²) in [5, 5.41) is 10.3. The number of rotatable bonds is 5. The zero-order valence-electron chi connectivity index (χ0n) is 16.9. The number of halogens is 2. The van der Waals surface area contributed by atoms with Crippen molar-refractivity contribution in [3.63, 3.8) is 0 Å². The molecule has 1 aliphatic rings. The molecule has 0 atom stereocenters. The second-order valence-corrected chi connectivity index (χ2v) is 7.33. The number of benzene rings is 1. The Morgan fingerprint density at radius 3 is 2.47 bits per heavy atom. The Morgan fingerprint density at radius 2 is 1.77 bits per heavy atom. The highest BCUT2D eigenvalue weighted by Gasteiger charge is 2.17. The van der Waals surface area contributed by atoms with Crippen LogP contribution in [0.5, 0.6) is 0 Å². The van der Waals surface area contributed by atoms with E-state index in [4.69, 9.17) is 0 Å². The fourth-order valence-corrected chi connectivity index (χ4v) is 3.19. The van der Waals surface area contributed by atoms with Gasteiger partial charge in [-0.05, 0) is 37.7 Å². The highest BCUT2D eigenvalue weighted by atomic mass is 19.2. The van der Waals surface area contributed by atoms with Crippen molar-refractivity contribution in [3.8, 4) is 0 Å². The van der Waals surface area contributed by atoms with E-state index in [-0.39, 0.29) is 0 Å². The molecule has 0 spiro atoms. The van der Waals surface area contributed by atoms with Gasteiger partial charge in [-0.2, -0.15) is 5.10 Å². The Kier molecular flexibility index (Phi) is 5.71. The zero-order chi connectivity index (χ0) is 21.1. The number of hydrogen-bond donors (Lipinski definition) is 2. The molecule has 1 aromatic carbocycles. The van der Waals surface area contributed by atoms with Crippen molar-refractivity contribution in [1.29, 1.82) is 0 Å². The van der Waals surface area contributed by atoms with Crippen LogP contribution < -0.4 is 10.2 Å². The van der Waals surface area contributed by atoms with E-state index < -0.39 is 11.6 Å². The molecule has 0 bridgehead atoms. The van der Waals surface area contributed by atoms with E-state index in [1.165, 1.54) is 6.07 Å². The molecule has 4 rings (SSSR count). The summed E-state index contributed by atoms with van der Waals surface area (Å²) < 4.78 is 26.6. The van der Waals surface area contributed by atoms with Crippen LogP contribution in [0, 0.1) is 18.6 Å². The summed E-state index contributed by atoms with van der Waals surface area (Å²) in [7, 11) is 2.10. The number of anilines is 3. The summed E-state index contributed by atoms with van der Waals surface area (Å²) in [6.07, 6.45) is 3.35. The van der Waals surface area contributed by atoms with E-state index in [0.29, 0.717) is 23.0 Å². The minimum absolute atomic E-state index is 0.464. The van der Waals surface area contributed by atoms with Gasteiger partial charge < -0.3 is 15.1 Å². The summed E-state index contributed by atoms with van der Waals surface area (Å²) in [5.41, 5.74) is 1.46. The number of aryl methyl sites for hydroxylation is 1. The molecule has 1 fully saturated rings. The van der Waals surface area contributed by atoms with Crippen LogP contribution >= 0.6 is 0 Å². The molecule has 30 heavy (non-hydrogen) atoms. The van der Waals surface area contributed by atoms with Crippen molar-refractivity contribution in [2.45, 2.75) is 6.92 Å². The summed E-state index contributed by atoms with van der Waals surface area (Å²) in [4.78, 5) is 13.7. The van der Waals surface area contributed by atoms with Crippen LogP contribution in [0.4, 0.5) is 26.2 Å². The quantitative estimate of drug-likeness (QED) is 0.670. The lowest BCUT2D eigenvalue weighted by Crippen LogP contribution is -2.44. The summed E-state index contributed by atoms with van der Waals surface area (Å²) >= 11 is 0. The number of H-pyrrole nitrogens is 1. The van der Waals surface area contributed by atoms with Crippen molar-refractivity contribution in [3.05, 3.63) is 59.0 Å². The molecule has 156 valence electrons. The molecule has 9 heteroatoms. The lowest BCUT2D eigenvalue weighted by atomic mass is 10.2. The molecule has 0 aliphatic carbocycles. The lowest BCUT2D eigenvalue weighted by Gasteiger charge is -2.33. The number of aromatic amines is 1. The lowest BCUT2D eigenvalue weighted by molar-refractivity contribution is 0.312. The fraction of sp³-hybridized carbons (Fsp3) is 0.286. The highest BCUT2D eigenvalue weighted by Crippen LogP contribution is 2.21. The van der Waals surface area contributed by atoms with Crippen LogP contribution in [0.2, 0.25) is 0 Å². The fourth-order valence-electron chi connectivity index (χ4n) is 3.19. The normalized spacial score (nSPS) is 15.1. The van der Waals surface area contributed by atoms with Gasteiger partial charge in [0.1, 0.15) is 11.6 Å². The van der Waals surface area contributed by atoms with Crippen LogP contribution in [0.15, 0.2) is 30.3 Å². The minimum atomic E-state index is -0.888. The van der Waals surface area contributed by atoms with Gasteiger partial charge in [-0.15, -0.1) is 0 Å². The maximum absolute atomic E-state index is 13.5. The molecule has 0 unspecified atom stereocenters. The van der Waals surface area contributed by atoms with Crippen LogP contribution in [0.3, 0.4) is 0 Å². The standard InChI is InChI=1S/C21H23F2N7/c1-14-11-20(28-27-14)25-19-13-21(30-9-7-29(2)8-10-30)26-18(24-19)6-4-15-3-5-16(22)17(23)12-15/h3-6,11-13H,7-10H2,1-2H3,(H2,24,25,26,27,28). The third kappa shape index (κ3) is 4.80. The number of aromatic nitrogens is 4. The maximum atomic E-state index is 13.5. The molecule has 0 amide bonds. The Hall–Kier alpha value is -3.33. The van der Waals surface area contributed by atoms with Crippen molar-refractivity contribution < 1.29 is 8.78 Å². The first-order valence-electron chi connectivity index (χ1n) is 9.71. The third-order valence-corrected chi connectivity index (χ3v) is 4.89. The topological polar surface area (TPSA) is 73.0 Å². The third-order valence-electron chi connectivity index (χ3n) is 4.89. The monoisotopic (exact) mass is 411 g/mol. The van der Waals surface area contributed by atoms with E-state index in [1.54, 1.807) is 12.2 Å². The van der Waals surface area contributed by atoms with Crippen molar-refractivity contribution >= 4 is 29.6 Å². The molecule has 0 saturated carbocycles. The molecular weight excluding hydrogens is 388 g/mol. The van der Waals surface area contributed by atoms with Gasteiger partial charge in [0.2, 0.25) is 0 Å². The average Bonchev–Trinajstić information content (AvgIpc) is 3.14. The number of nitrogens with zero attached hydrogens (tertiary/aromatic N) is 5. The van der Waals surface area contributed by atoms with Gasteiger partial charge in [0.05, 0.1) is 0 Å². The van der Waals surface area contributed by atoms with Gasteiger partial charge in [0, 0.05) is 44.0 Å². The first kappa shape index (κ1) is 20.0. The molecule has 1 aliphatic heterocycles. The molecule has 3 heterocycles. The molecule has 1 saturated heterocycles. The second-order valence-electron chi connectivity index (χ2n) is 7.33. The SMILES string of the molecule is Cc1cc(Nc2cc(N3CCN(C)CC3)nc(C=Cc3ccc(F)c(F)c3)n2)n[nH]1. The predicted molar refractivity (Wildman–Crippen MR) is 114 cm³/mol. The van der Waals surface area contributed by atoms with Crippen LogP contribution in [-0.2, 0) is 0 Å². The van der Waals surface area contributed by atoms with E-state index >= 15 is 0 Å². The Bertz CT molecular complexity index is 1060. The summed E-state index contributed by atoms with van der Waals surface area (Å²) in [5.74, 6) is 0.770. The first-order chi connectivity index (χ1) is 14.5. The van der Waals surface area contributed by atoms with E-state index in [2.05, 4.69) is 42.3 Å². The van der Waals surface area contributed by atoms with Gasteiger partial charge in [-0.1, -0.05) is 12.1 Å². The van der Waals surface area contributed by atoms with Gasteiger partial charge in [0.25, 0.3) is 0 Å². The van der Waals surface area contributed by atoms with E-state index in [1.807, 2.05) is 19.1 Å². The predicted octanol–water partition coefficient (Wildman–Crippen LogP) is 3.45. The van der Waals surface area contributed by atoms with Crippen molar-refractivity contribution in [2.24, 2.45) is 0 Å². The number of nitrogens with one attached hydrogen (secondary N) is 2. The van der Waals surface area contributed by atoms with Crippen molar-refractivity contribution in [1.82, 2.24) is 25.1 Å². The summed E-state index contributed by atoms with van der Waals surface area (Å²) in [6.45, 7) is 5.54. The minimum Gasteiger partial charge on any atom is -0.354 e. The molecule has 2 aromatic heterocycles. The zero-order valence-corrected chi connectivity index (χ0v) is 16.9. The Balaban J connectivity index is 1.63. The van der Waals surface area contributed by atoms with Gasteiger partial charge in [-0.3, -0.25) is 5.10 Å². The van der Waals surface area contributed by atoms with Crippen molar-refractivity contribution in [2.75, 3.05) is 43.4 Å². The first-order valence-corrected chi connectivity index (χ1v) is 9.71. The van der Waals surface area contributed by atoms with E-state index in [0.717, 1.165) is 49.8 Å². The smallest absolute Gasteiger partial charge is 0.159 e. The molecule has 7 nitrogen and oxygen atoms in total. The van der Waals surface area contributed by atoms with Gasteiger partial charge in [0.15, 0.2) is 23.3 Å². The van der Waals surface area contributed by atoms with Crippen LogP contribution in [0.25, 0.3) is 12.2 Å². The average molecular weight is 411 g/mol. The molecular formula is C21H23F2N7. The second kappa shape index (κ2) is 8.58. The maximum Gasteiger partial charge on any atom is 0.159 e. The van der Waals surface area contributed by atoms with E-state index in [9.17, 15) is 8.78 Å².